The minimum atomic E-state index is -0.167. The van der Waals surface area contributed by atoms with Crippen LogP contribution in [0.3, 0.4) is 0 Å². The number of aryl methyl sites for hydroxylation is 1. The zero-order valence-electron chi connectivity index (χ0n) is 10.9. The summed E-state index contributed by atoms with van der Waals surface area (Å²) in [5.41, 5.74) is 2.29. The molecule has 2 heterocycles. The second-order valence-electron chi connectivity index (χ2n) is 4.44. The van der Waals surface area contributed by atoms with Gasteiger partial charge in [0.25, 0.3) is 5.91 Å². The average molecular weight is 279 g/mol. The number of nitrogens with one attached hydrogen (secondary N) is 2. The average Bonchev–Trinajstić information content (AvgIpc) is 2.97. The predicted octanol–water partition coefficient (Wildman–Crippen LogP) is 1.95. The van der Waals surface area contributed by atoms with Crippen LogP contribution in [0.2, 0.25) is 0 Å². The van der Waals surface area contributed by atoms with Crippen molar-refractivity contribution in [3.05, 3.63) is 28.3 Å². The van der Waals surface area contributed by atoms with Crippen molar-refractivity contribution in [1.82, 2.24) is 15.3 Å². The fraction of sp³-hybridized carbons (Fsp3) is 0.385. The van der Waals surface area contributed by atoms with E-state index in [1.807, 2.05) is 19.2 Å². The van der Waals surface area contributed by atoms with Gasteiger partial charge in [0.15, 0.2) is 0 Å². The highest BCUT2D eigenvalue weighted by molar-refractivity contribution is 7.09. The first kappa shape index (κ1) is 13.8. The molecule has 0 saturated carbocycles. The van der Waals surface area contributed by atoms with E-state index in [-0.39, 0.29) is 18.6 Å². The standard InChI is InChI=1S/C13H17N3O2S/c1-8(3-4-17)15-13(18)11-5-10(6-14-11)12-7-19-9(2)16-12/h5-8,14,17H,3-4H2,1-2H3,(H,15,18). The minimum absolute atomic E-state index is 0.0502. The normalized spacial score (nSPS) is 12.4. The molecule has 0 spiro atoms. The molecule has 2 aromatic rings. The number of aliphatic hydroxyl groups is 1. The number of carbonyl (C=O) groups excluding carboxylic acids is 1. The summed E-state index contributed by atoms with van der Waals surface area (Å²) in [6.07, 6.45) is 2.32. The van der Waals surface area contributed by atoms with E-state index in [4.69, 9.17) is 5.11 Å². The van der Waals surface area contributed by atoms with Crippen LogP contribution in [-0.2, 0) is 0 Å². The Morgan fingerprint density at radius 3 is 3.05 bits per heavy atom. The SMILES string of the molecule is Cc1nc(-c2c[nH]c(C(=O)NC(C)CCO)c2)cs1. The van der Waals surface area contributed by atoms with Crippen molar-refractivity contribution in [3.8, 4) is 11.3 Å². The summed E-state index contributed by atoms with van der Waals surface area (Å²) in [5.74, 6) is -0.167. The fourth-order valence-corrected chi connectivity index (χ4v) is 2.36. The summed E-state index contributed by atoms with van der Waals surface area (Å²) in [4.78, 5) is 19.3. The maximum absolute atomic E-state index is 11.9. The minimum Gasteiger partial charge on any atom is -0.396 e. The summed E-state index contributed by atoms with van der Waals surface area (Å²) in [5, 5.41) is 14.6. The van der Waals surface area contributed by atoms with Crippen molar-refractivity contribution < 1.29 is 9.90 Å². The van der Waals surface area contributed by atoms with E-state index in [9.17, 15) is 4.79 Å². The molecule has 2 aromatic heterocycles. The zero-order valence-corrected chi connectivity index (χ0v) is 11.8. The molecule has 1 atom stereocenters. The fourth-order valence-electron chi connectivity index (χ4n) is 1.74. The molecule has 0 aliphatic heterocycles. The van der Waals surface area contributed by atoms with Crippen molar-refractivity contribution >= 4 is 17.2 Å². The van der Waals surface area contributed by atoms with Gasteiger partial charge in [-0.05, 0) is 26.3 Å². The van der Waals surface area contributed by atoms with Crippen LogP contribution in [0, 0.1) is 6.92 Å². The summed E-state index contributed by atoms with van der Waals surface area (Å²) in [6.45, 7) is 3.88. The first-order valence-corrected chi connectivity index (χ1v) is 7.00. The van der Waals surface area contributed by atoms with Crippen LogP contribution in [0.25, 0.3) is 11.3 Å². The molecule has 1 amide bonds. The van der Waals surface area contributed by atoms with E-state index in [0.29, 0.717) is 12.1 Å². The lowest BCUT2D eigenvalue weighted by Gasteiger charge is -2.11. The molecule has 19 heavy (non-hydrogen) atoms. The summed E-state index contributed by atoms with van der Waals surface area (Å²) >= 11 is 1.58. The molecule has 102 valence electrons. The molecule has 0 saturated heterocycles. The highest BCUT2D eigenvalue weighted by atomic mass is 32.1. The Labute approximate surface area is 115 Å². The number of rotatable bonds is 5. The van der Waals surface area contributed by atoms with Crippen LogP contribution >= 0.6 is 11.3 Å². The molecule has 0 radical (unpaired) electrons. The highest BCUT2D eigenvalue weighted by Gasteiger charge is 2.13. The van der Waals surface area contributed by atoms with Crippen molar-refractivity contribution in [2.24, 2.45) is 0 Å². The molecule has 6 heteroatoms. The first-order valence-electron chi connectivity index (χ1n) is 6.13. The monoisotopic (exact) mass is 279 g/mol. The van der Waals surface area contributed by atoms with Crippen LogP contribution in [0.5, 0.6) is 0 Å². The van der Waals surface area contributed by atoms with Crippen LogP contribution in [-0.4, -0.2) is 33.6 Å². The third-order valence-corrected chi connectivity index (χ3v) is 3.56. The number of amides is 1. The number of nitrogens with zero attached hydrogens (tertiary/aromatic N) is 1. The van der Waals surface area contributed by atoms with Gasteiger partial charge in [-0.3, -0.25) is 4.79 Å². The van der Waals surface area contributed by atoms with Gasteiger partial charge in [-0.1, -0.05) is 0 Å². The third kappa shape index (κ3) is 3.42. The number of aromatic amines is 1. The van der Waals surface area contributed by atoms with Gasteiger partial charge in [0.05, 0.1) is 10.7 Å². The van der Waals surface area contributed by atoms with Gasteiger partial charge < -0.3 is 15.4 Å². The molecule has 0 fully saturated rings. The number of hydrogen-bond donors (Lipinski definition) is 3. The number of thiazole rings is 1. The van der Waals surface area contributed by atoms with Crippen LogP contribution in [0.4, 0.5) is 0 Å². The summed E-state index contributed by atoms with van der Waals surface area (Å²) in [6, 6.07) is 1.74. The van der Waals surface area contributed by atoms with Gasteiger partial charge in [-0.25, -0.2) is 4.98 Å². The van der Waals surface area contributed by atoms with Crippen molar-refractivity contribution in [3.63, 3.8) is 0 Å². The molecular weight excluding hydrogens is 262 g/mol. The van der Waals surface area contributed by atoms with E-state index in [1.165, 1.54) is 0 Å². The lowest BCUT2D eigenvalue weighted by molar-refractivity contribution is 0.0930. The molecule has 3 N–H and O–H groups in total. The van der Waals surface area contributed by atoms with E-state index < -0.39 is 0 Å². The Kier molecular flexibility index (Phi) is 4.34. The van der Waals surface area contributed by atoms with Crippen molar-refractivity contribution in [2.75, 3.05) is 6.61 Å². The van der Waals surface area contributed by atoms with Crippen LogP contribution in [0.1, 0.15) is 28.8 Å². The maximum Gasteiger partial charge on any atom is 0.267 e. The molecule has 0 bridgehead atoms. The number of H-pyrrole nitrogens is 1. The predicted molar refractivity (Wildman–Crippen MR) is 75.3 cm³/mol. The van der Waals surface area contributed by atoms with Gasteiger partial charge in [0.2, 0.25) is 0 Å². The maximum atomic E-state index is 11.9. The second kappa shape index (κ2) is 5.99. The molecule has 0 aliphatic rings. The Bertz CT molecular complexity index is 562. The Hall–Kier alpha value is -1.66. The molecule has 0 aliphatic carbocycles. The summed E-state index contributed by atoms with van der Waals surface area (Å²) < 4.78 is 0. The number of carbonyl (C=O) groups is 1. The third-order valence-electron chi connectivity index (χ3n) is 2.78. The lowest BCUT2D eigenvalue weighted by atomic mass is 10.2. The first-order chi connectivity index (χ1) is 9.10. The number of aliphatic hydroxyl groups excluding tert-OH is 1. The zero-order chi connectivity index (χ0) is 13.8. The highest BCUT2D eigenvalue weighted by Crippen LogP contribution is 2.22. The number of aromatic nitrogens is 2. The quantitative estimate of drug-likeness (QED) is 0.782. The molecule has 5 nitrogen and oxygen atoms in total. The van der Waals surface area contributed by atoms with Gasteiger partial charge >= 0.3 is 0 Å². The van der Waals surface area contributed by atoms with Crippen molar-refractivity contribution in [2.45, 2.75) is 26.3 Å². The Morgan fingerprint density at radius 2 is 2.42 bits per heavy atom. The van der Waals surface area contributed by atoms with Crippen molar-refractivity contribution in [1.29, 1.82) is 0 Å². The largest absolute Gasteiger partial charge is 0.396 e. The van der Waals surface area contributed by atoms with E-state index in [1.54, 1.807) is 23.6 Å². The Morgan fingerprint density at radius 1 is 1.63 bits per heavy atom. The second-order valence-corrected chi connectivity index (χ2v) is 5.50. The Balaban J connectivity index is 2.06. The van der Waals surface area contributed by atoms with Gasteiger partial charge in [-0.15, -0.1) is 11.3 Å². The lowest BCUT2D eigenvalue weighted by Crippen LogP contribution is -2.33. The molecule has 0 aromatic carbocycles. The van der Waals surface area contributed by atoms with Crippen LogP contribution in [0.15, 0.2) is 17.6 Å². The van der Waals surface area contributed by atoms with Gasteiger partial charge in [-0.2, -0.15) is 0 Å². The topological polar surface area (TPSA) is 78.0 Å². The smallest absolute Gasteiger partial charge is 0.267 e. The van der Waals surface area contributed by atoms with Gasteiger partial charge in [0, 0.05) is 29.8 Å². The van der Waals surface area contributed by atoms with Crippen LogP contribution < -0.4 is 5.32 Å². The van der Waals surface area contributed by atoms with Gasteiger partial charge in [0.1, 0.15) is 5.69 Å². The van der Waals surface area contributed by atoms with E-state index >= 15 is 0 Å². The van der Waals surface area contributed by atoms with E-state index in [2.05, 4.69) is 15.3 Å². The molecule has 2 rings (SSSR count). The summed E-state index contributed by atoms with van der Waals surface area (Å²) in [7, 11) is 0. The molecule has 1 unspecified atom stereocenters. The molecular formula is C13H17N3O2S. The van der Waals surface area contributed by atoms with E-state index in [0.717, 1.165) is 16.3 Å². The number of hydrogen-bond acceptors (Lipinski definition) is 4.